The van der Waals surface area contributed by atoms with E-state index in [4.69, 9.17) is 4.42 Å². The predicted molar refractivity (Wildman–Crippen MR) is 85.5 cm³/mol. The van der Waals surface area contributed by atoms with Crippen LogP contribution < -0.4 is 0 Å². The van der Waals surface area contributed by atoms with Gasteiger partial charge < -0.3 is 13.9 Å². The predicted octanol–water partition coefficient (Wildman–Crippen LogP) is 2.70. The van der Waals surface area contributed by atoms with E-state index in [1.54, 1.807) is 0 Å². The molecule has 21 heavy (non-hydrogen) atoms. The number of halogens is 1. The second kappa shape index (κ2) is 5.85. The highest BCUT2D eigenvalue weighted by atomic mass is 79.9. The molecule has 0 atom stereocenters. The van der Waals surface area contributed by atoms with E-state index in [9.17, 15) is 4.79 Å². The maximum Gasteiger partial charge on any atom is 0.270 e. The first kappa shape index (κ1) is 14.7. The number of carbonyl (C=O) groups excluding carboxylic acids is 1. The number of nitrogens with zero attached hydrogens (tertiary/aromatic N) is 3. The van der Waals surface area contributed by atoms with Crippen LogP contribution in [0.3, 0.4) is 0 Å². The Morgan fingerprint density at radius 2 is 2.00 bits per heavy atom. The molecule has 3 heterocycles. The second-order valence-electron chi connectivity index (χ2n) is 5.52. The van der Waals surface area contributed by atoms with Crippen molar-refractivity contribution in [3.63, 3.8) is 0 Å². The molecule has 1 fully saturated rings. The molecule has 1 aliphatic rings. The third kappa shape index (κ3) is 2.74. The lowest BCUT2D eigenvalue weighted by atomic mass is 10.2. The summed E-state index contributed by atoms with van der Waals surface area (Å²) >= 11 is 3.32. The molecule has 0 N–H and O–H groups in total. The van der Waals surface area contributed by atoms with Crippen LogP contribution in [0.15, 0.2) is 21.2 Å². The highest BCUT2D eigenvalue weighted by Gasteiger charge is 2.25. The SMILES string of the molecule is CCCN1CCN(C(=O)c2cc3oc(Br)cc3n2C)CC1. The van der Waals surface area contributed by atoms with E-state index >= 15 is 0 Å². The molecular formula is C15H20BrN3O2. The van der Waals surface area contributed by atoms with Gasteiger partial charge in [-0.3, -0.25) is 9.69 Å². The van der Waals surface area contributed by atoms with E-state index in [1.165, 1.54) is 0 Å². The molecule has 1 saturated heterocycles. The topological polar surface area (TPSA) is 41.6 Å². The first-order chi connectivity index (χ1) is 10.1. The molecule has 0 aliphatic carbocycles. The Labute approximate surface area is 132 Å². The largest absolute Gasteiger partial charge is 0.448 e. The molecular weight excluding hydrogens is 334 g/mol. The highest BCUT2D eigenvalue weighted by molar-refractivity contribution is 9.10. The van der Waals surface area contributed by atoms with Crippen molar-refractivity contribution in [1.29, 1.82) is 0 Å². The van der Waals surface area contributed by atoms with Gasteiger partial charge in [0.15, 0.2) is 10.3 Å². The molecule has 0 radical (unpaired) electrons. The number of amides is 1. The highest BCUT2D eigenvalue weighted by Crippen LogP contribution is 2.26. The van der Waals surface area contributed by atoms with E-state index in [2.05, 4.69) is 27.8 Å². The lowest BCUT2D eigenvalue weighted by Gasteiger charge is -2.34. The Kier molecular flexibility index (Phi) is 4.08. The molecule has 0 bridgehead atoms. The molecule has 3 rings (SSSR count). The summed E-state index contributed by atoms with van der Waals surface area (Å²) in [5, 5.41) is 0. The summed E-state index contributed by atoms with van der Waals surface area (Å²) in [5.74, 6) is 0.0937. The molecule has 0 aromatic carbocycles. The summed E-state index contributed by atoms with van der Waals surface area (Å²) in [5.41, 5.74) is 2.38. The number of rotatable bonds is 3. The zero-order valence-electron chi connectivity index (χ0n) is 12.4. The zero-order chi connectivity index (χ0) is 15.0. The van der Waals surface area contributed by atoms with Crippen molar-refractivity contribution in [2.24, 2.45) is 7.05 Å². The molecule has 0 saturated carbocycles. The molecule has 1 aliphatic heterocycles. The first-order valence-electron chi connectivity index (χ1n) is 7.36. The van der Waals surface area contributed by atoms with Gasteiger partial charge in [0.1, 0.15) is 5.69 Å². The number of carbonyl (C=O) groups is 1. The van der Waals surface area contributed by atoms with Crippen molar-refractivity contribution >= 4 is 32.9 Å². The van der Waals surface area contributed by atoms with Crippen molar-refractivity contribution in [2.45, 2.75) is 13.3 Å². The Bertz CT molecular complexity index is 653. The molecule has 2 aromatic rings. The van der Waals surface area contributed by atoms with Gasteiger partial charge in [-0.2, -0.15) is 0 Å². The monoisotopic (exact) mass is 353 g/mol. The van der Waals surface area contributed by atoms with Crippen LogP contribution in [-0.2, 0) is 7.05 Å². The van der Waals surface area contributed by atoms with Gasteiger partial charge in [0.25, 0.3) is 5.91 Å². The fourth-order valence-corrected chi connectivity index (χ4v) is 3.33. The van der Waals surface area contributed by atoms with Gasteiger partial charge in [0.2, 0.25) is 0 Å². The normalized spacial score (nSPS) is 16.8. The second-order valence-corrected chi connectivity index (χ2v) is 6.30. The maximum atomic E-state index is 12.7. The van der Waals surface area contributed by atoms with Crippen LogP contribution in [0.2, 0.25) is 0 Å². The van der Waals surface area contributed by atoms with E-state index < -0.39 is 0 Å². The Hall–Kier alpha value is -1.27. The van der Waals surface area contributed by atoms with E-state index in [1.807, 2.05) is 28.6 Å². The smallest absolute Gasteiger partial charge is 0.270 e. The number of piperazine rings is 1. The third-order valence-corrected chi connectivity index (χ3v) is 4.51. The van der Waals surface area contributed by atoms with Crippen LogP contribution >= 0.6 is 15.9 Å². The number of furan rings is 1. The Morgan fingerprint density at radius 1 is 1.29 bits per heavy atom. The van der Waals surface area contributed by atoms with Crippen molar-refractivity contribution in [3.05, 3.63) is 22.5 Å². The number of aryl methyl sites for hydroxylation is 1. The summed E-state index contributed by atoms with van der Waals surface area (Å²) in [4.78, 5) is 17.0. The van der Waals surface area contributed by atoms with Gasteiger partial charge in [-0.15, -0.1) is 0 Å². The minimum absolute atomic E-state index is 0.0937. The lowest BCUT2D eigenvalue weighted by molar-refractivity contribution is 0.0628. The van der Waals surface area contributed by atoms with Crippen molar-refractivity contribution < 1.29 is 9.21 Å². The summed E-state index contributed by atoms with van der Waals surface area (Å²) in [6.07, 6.45) is 1.16. The molecule has 0 spiro atoms. The summed E-state index contributed by atoms with van der Waals surface area (Å²) in [6, 6.07) is 3.73. The molecule has 2 aromatic heterocycles. The minimum atomic E-state index is 0.0937. The zero-order valence-corrected chi connectivity index (χ0v) is 14.0. The fraction of sp³-hybridized carbons (Fsp3) is 0.533. The molecule has 5 nitrogen and oxygen atoms in total. The van der Waals surface area contributed by atoms with Gasteiger partial charge in [-0.05, 0) is 28.9 Å². The average Bonchev–Trinajstić information content (AvgIpc) is 2.98. The summed E-state index contributed by atoms with van der Waals surface area (Å²) in [6.45, 7) is 6.84. The lowest BCUT2D eigenvalue weighted by Crippen LogP contribution is -2.49. The first-order valence-corrected chi connectivity index (χ1v) is 8.16. The molecule has 0 unspecified atom stereocenters. The fourth-order valence-electron chi connectivity index (χ4n) is 2.94. The standard InChI is InChI=1S/C15H20BrN3O2/c1-3-4-18-5-7-19(8-6-18)15(20)12-9-13-11(17(12)2)10-14(16)21-13/h9-10H,3-8H2,1-2H3. The van der Waals surface area contributed by atoms with Crippen LogP contribution in [-0.4, -0.2) is 53.0 Å². The van der Waals surface area contributed by atoms with Crippen LogP contribution in [0.1, 0.15) is 23.8 Å². The molecule has 114 valence electrons. The number of fused-ring (bicyclic) bond motifs is 1. The third-order valence-electron chi connectivity index (χ3n) is 4.12. The van der Waals surface area contributed by atoms with Gasteiger partial charge in [0.05, 0.1) is 5.52 Å². The van der Waals surface area contributed by atoms with Crippen molar-refractivity contribution in [1.82, 2.24) is 14.4 Å². The number of hydrogen-bond acceptors (Lipinski definition) is 3. The van der Waals surface area contributed by atoms with E-state index in [0.29, 0.717) is 10.4 Å². The van der Waals surface area contributed by atoms with E-state index in [0.717, 1.165) is 50.2 Å². The summed E-state index contributed by atoms with van der Waals surface area (Å²) in [7, 11) is 1.91. The number of aromatic nitrogens is 1. The Balaban J connectivity index is 1.75. The number of hydrogen-bond donors (Lipinski definition) is 0. The maximum absolute atomic E-state index is 12.7. The van der Waals surface area contributed by atoms with Gasteiger partial charge in [-0.1, -0.05) is 6.92 Å². The van der Waals surface area contributed by atoms with Crippen molar-refractivity contribution in [3.8, 4) is 0 Å². The van der Waals surface area contributed by atoms with Gasteiger partial charge in [0, 0.05) is 45.4 Å². The van der Waals surface area contributed by atoms with E-state index in [-0.39, 0.29) is 5.91 Å². The van der Waals surface area contributed by atoms with Gasteiger partial charge >= 0.3 is 0 Å². The van der Waals surface area contributed by atoms with Crippen LogP contribution in [0.4, 0.5) is 0 Å². The molecule has 6 heteroatoms. The summed E-state index contributed by atoms with van der Waals surface area (Å²) < 4.78 is 8.13. The average molecular weight is 354 g/mol. The Morgan fingerprint density at radius 3 is 2.62 bits per heavy atom. The van der Waals surface area contributed by atoms with Crippen molar-refractivity contribution in [2.75, 3.05) is 32.7 Å². The van der Waals surface area contributed by atoms with Crippen LogP contribution in [0.25, 0.3) is 11.1 Å². The van der Waals surface area contributed by atoms with Crippen LogP contribution in [0.5, 0.6) is 0 Å². The minimum Gasteiger partial charge on any atom is -0.448 e. The molecule has 1 amide bonds. The quantitative estimate of drug-likeness (QED) is 0.851. The van der Waals surface area contributed by atoms with Crippen LogP contribution in [0, 0.1) is 0 Å². The van der Waals surface area contributed by atoms with Gasteiger partial charge in [-0.25, -0.2) is 0 Å².